The van der Waals surface area contributed by atoms with Gasteiger partial charge in [-0.3, -0.25) is 0 Å². The normalized spacial score (nSPS) is 16.1. The lowest BCUT2D eigenvalue weighted by Gasteiger charge is -2.27. The zero-order valence-corrected chi connectivity index (χ0v) is 13.1. The maximum atomic E-state index is 12.6. The zero-order chi connectivity index (χ0) is 14.2. The number of hydrogen-bond donors (Lipinski definition) is 0. The van der Waals surface area contributed by atoms with E-state index in [4.69, 9.17) is 11.6 Å². The van der Waals surface area contributed by atoms with Gasteiger partial charge in [0.15, 0.2) is 0 Å². The van der Waals surface area contributed by atoms with Gasteiger partial charge in [-0.1, -0.05) is 24.3 Å². The summed E-state index contributed by atoms with van der Waals surface area (Å²) in [4.78, 5) is 0.877. The van der Waals surface area contributed by atoms with Gasteiger partial charge in [0.25, 0.3) is 10.0 Å². The third-order valence-electron chi connectivity index (χ3n) is 3.46. The van der Waals surface area contributed by atoms with E-state index in [2.05, 4.69) is 6.07 Å². The fourth-order valence-corrected chi connectivity index (χ4v) is 5.40. The van der Waals surface area contributed by atoms with Gasteiger partial charge in [0.05, 0.1) is 5.88 Å². The molecule has 0 saturated carbocycles. The van der Waals surface area contributed by atoms with Crippen molar-refractivity contribution in [3.8, 4) is 0 Å². The van der Waals surface area contributed by atoms with E-state index in [1.165, 1.54) is 16.9 Å². The summed E-state index contributed by atoms with van der Waals surface area (Å²) >= 11 is 7.00. The van der Waals surface area contributed by atoms with Crippen molar-refractivity contribution in [1.29, 1.82) is 0 Å². The van der Waals surface area contributed by atoms with Crippen molar-refractivity contribution >= 4 is 33.0 Å². The number of benzene rings is 1. The van der Waals surface area contributed by atoms with Crippen LogP contribution in [0.5, 0.6) is 0 Å². The highest BCUT2D eigenvalue weighted by Crippen LogP contribution is 2.29. The summed E-state index contributed by atoms with van der Waals surface area (Å²) in [7, 11) is -3.40. The van der Waals surface area contributed by atoms with Gasteiger partial charge in [0.2, 0.25) is 0 Å². The molecule has 0 fully saturated rings. The van der Waals surface area contributed by atoms with Crippen LogP contribution in [0.25, 0.3) is 0 Å². The van der Waals surface area contributed by atoms with E-state index in [0.29, 0.717) is 23.2 Å². The Labute approximate surface area is 127 Å². The fraction of sp³-hybridized carbons (Fsp3) is 0.286. The molecule has 0 radical (unpaired) electrons. The molecule has 3 rings (SSSR count). The van der Waals surface area contributed by atoms with E-state index in [1.54, 1.807) is 16.4 Å². The van der Waals surface area contributed by atoms with Crippen LogP contribution in [0.3, 0.4) is 0 Å². The van der Waals surface area contributed by atoms with Crippen molar-refractivity contribution in [3.63, 3.8) is 0 Å². The smallest absolute Gasteiger partial charge is 0.206 e. The topological polar surface area (TPSA) is 37.4 Å². The van der Waals surface area contributed by atoms with Crippen LogP contribution >= 0.6 is 22.9 Å². The Bertz CT molecular complexity index is 724. The first-order valence-corrected chi connectivity index (χ1v) is 9.12. The van der Waals surface area contributed by atoms with Crippen LogP contribution < -0.4 is 0 Å². The summed E-state index contributed by atoms with van der Waals surface area (Å²) < 4.78 is 27.2. The molecule has 106 valence electrons. The number of thiophene rings is 1. The summed E-state index contributed by atoms with van der Waals surface area (Å²) in [5.74, 6) is 0.350. The summed E-state index contributed by atoms with van der Waals surface area (Å²) in [6.07, 6.45) is 0.767. The lowest BCUT2D eigenvalue weighted by Crippen LogP contribution is -2.35. The summed E-state index contributed by atoms with van der Waals surface area (Å²) in [6.45, 7) is 0.986. The minimum absolute atomic E-state index is 0.350. The molecule has 2 aromatic rings. The third-order valence-corrected chi connectivity index (χ3v) is 7.30. The van der Waals surface area contributed by atoms with Crippen molar-refractivity contribution in [2.24, 2.45) is 0 Å². The molecule has 0 spiro atoms. The lowest BCUT2D eigenvalue weighted by molar-refractivity contribution is 0.392. The number of nitrogens with zero attached hydrogens (tertiary/aromatic N) is 1. The van der Waals surface area contributed by atoms with Crippen LogP contribution in [0, 0.1) is 0 Å². The second-order valence-electron chi connectivity index (χ2n) is 4.71. The van der Waals surface area contributed by atoms with E-state index in [1.807, 2.05) is 18.2 Å². The molecule has 0 amide bonds. The van der Waals surface area contributed by atoms with Crippen molar-refractivity contribution < 1.29 is 8.42 Å². The van der Waals surface area contributed by atoms with E-state index >= 15 is 0 Å². The zero-order valence-electron chi connectivity index (χ0n) is 10.8. The fourth-order valence-electron chi connectivity index (χ4n) is 2.37. The van der Waals surface area contributed by atoms with Gasteiger partial charge in [-0.05, 0) is 29.7 Å². The molecule has 0 bridgehead atoms. The molecule has 3 nitrogen and oxygen atoms in total. The summed E-state index contributed by atoms with van der Waals surface area (Å²) in [5.41, 5.74) is 2.34. The van der Waals surface area contributed by atoms with Crippen LogP contribution in [0.4, 0.5) is 0 Å². The van der Waals surface area contributed by atoms with E-state index < -0.39 is 10.0 Å². The highest BCUT2D eigenvalue weighted by Gasteiger charge is 2.29. The summed E-state index contributed by atoms with van der Waals surface area (Å²) in [5, 5.41) is 0. The second kappa shape index (κ2) is 5.48. The number of halogens is 1. The Kier molecular flexibility index (Phi) is 3.86. The number of rotatable bonds is 3. The summed E-state index contributed by atoms with van der Waals surface area (Å²) in [6, 6.07) is 11.4. The lowest BCUT2D eigenvalue weighted by atomic mass is 10.0. The Hall–Kier alpha value is -0.880. The molecule has 0 unspecified atom stereocenters. The number of alkyl halides is 1. The highest BCUT2D eigenvalue weighted by molar-refractivity contribution is 7.91. The second-order valence-corrected chi connectivity index (χ2v) is 8.31. The van der Waals surface area contributed by atoms with Crippen LogP contribution in [0.1, 0.15) is 16.0 Å². The van der Waals surface area contributed by atoms with Crippen molar-refractivity contribution in [3.05, 3.63) is 52.4 Å². The highest BCUT2D eigenvalue weighted by atomic mass is 35.5. The molecular weight excluding hydrogens is 314 g/mol. The first-order chi connectivity index (χ1) is 9.61. The van der Waals surface area contributed by atoms with E-state index in [-0.39, 0.29) is 0 Å². The van der Waals surface area contributed by atoms with Gasteiger partial charge in [0.1, 0.15) is 4.21 Å². The average molecular weight is 328 g/mol. The Morgan fingerprint density at radius 3 is 2.60 bits per heavy atom. The molecule has 0 N–H and O–H groups in total. The molecule has 1 aromatic heterocycles. The maximum Gasteiger partial charge on any atom is 0.252 e. The first-order valence-electron chi connectivity index (χ1n) is 6.33. The SMILES string of the molecule is O=S(=O)(c1ccc(CCl)s1)N1CCc2ccccc2C1. The van der Waals surface area contributed by atoms with Gasteiger partial charge in [0, 0.05) is 18.0 Å². The van der Waals surface area contributed by atoms with Gasteiger partial charge in [-0.2, -0.15) is 4.31 Å². The van der Waals surface area contributed by atoms with Crippen LogP contribution in [-0.4, -0.2) is 19.3 Å². The van der Waals surface area contributed by atoms with E-state index in [9.17, 15) is 8.42 Å². The molecule has 20 heavy (non-hydrogen) atoms. The van der Waals surface area contributed by atoms with Crippen molar-refractivity contribution in [1.82, 2.24) is 4.31 Å². The van der Waals surface area contributed by atoms with Gasteiger partial charge >= 0.3 is 0 Å². The van der Waals surface area contributed by atoms with Crippen LogP contribution in [0.2, 0.25) is 0 Å². The molecule has 2 heterocycles. The number of fused-ring (bicyclic) bond motifs is 1. The minimum Gasteiger partial charge on any atom is -0.206 e. The predicted molar refractivity (Wildman–Crippen MR) is 81.6 cm³/mol. The molecule has 1 aliphatic rings. The third kappa shape index (κ3) is 2.51. The Balaban J connectivity index is 1.90. The quantitative estimate of drug-likeness (QED) is 0.812. The Morgan fingerprint density at radius 2 is 1.90 bits per heavy atom. The van der Waals surface area contributed by atoms with Gasteiger partial charge in [-0.25, -0.2) is 8.42 Å². The van der Waals surface area contributed by atoms with Crippen LogP contribution in [-0.2, 0) is 28.9 Å². The number of sulfonamides is 1. The van der Waals surface area contributed by atoms with Crippen LogP contribution in [0.15, 0.2) is 40.6 Å². The molecule has 0 aliphatic carbocycles. The molecule has 6 heteroatoms. The minimum atomic E-state index is -3.40. The molecular formula is C14H14ClNO2S2. The molecule has 1 aliphatic heterocycles. The van der Waals surface area contributed by atoms with Crippen molar-refractivity contribution in [2.75, 3.05) is 6.54 Å². The predicted octanol–water partition coefficient (Wildman–Crippen LogP) is 3.23. The molecule has 0 atom stereocenters. The Morgan fingerprint density at radius 1 is 1.15 bits per heavy atom. The largest absolute Gasteiger partial charge is 0.252 e. The molecule has 1 aromatic carbocycles. The standard InChI is InChI=1S/C14H14ClNO2S2/c15-9-13-5-6-14(19-13)20(17,18)16-8-7-11-3-1-2-4-12(11)10-16/h1-6H,7-10H2. The number of hydrogen-bond acceptors (Lipinski definition) is 3. The first kappa shape index (κ1) is 14.1. The average Bonchev–Trinajstić information content (AvgIpc) is 2.96. The molecule has 0 saturated heterocycles. The van der Waals surface area contributed by atoms with E-state index in [0.717, 1.165) is 16.9 Å². The maximum absolute atomic E-state index is 12.6. The van der Waals surface area contributed by atoms with Gasteiger partial charge in [-0.15, -0.1) is 22.9 Å². The monoisotopic (exact) mass is 327 g/mol. The van der Waals surface area contributed by atoms with Gasteiger partial charge < -0.3 is 0 Å². The van der Waals surface area contributed by atoms with Crippen molar-refractivity contribution in [2.45, 2.75) is 23.1 Å².